The number of piperazine rings is 1. The number of carbonyl (C=O) groups excluding carboxylic acids is 1. The zero-order chi connectivity index (χ0) is 32.0. The first-order valence-corrected chi connectivity index (χ1v) is 16.6. The van der Waals surface area contributed by atoms with Crippen LogP contribution in [0.25, 0.3) is 10.8 Å². The number of likely N-dealkylation sites (tertiary alicyclic amines) is 1. The van der Waals surface area contributed by atoms with Crippen LogP contribution in [0.15, 0.2) is 58.5 Å². The van der Waals surface area contributed by atoms with Gasteiger partial charge in [0.1, 0.15) is 24.5 Å². The van der Waals surface area contributed by atoms with E-state index in [2.05, 4.69) is 82.0 Å². The Morgan fingerprint density at radius 2 is 1.85 bits per heavy atom. The Hall–Kier alpha value is -3.51. The smallest absolute Gasteiger partial charge is 0.313 e. The Bertz CT molecular complexity index is 1440. The van der Waals surface area contributed by atoms with Gasteiger partial charge in [-0.15, -0.1) is 0 Å². The van der Waals surface area contributed by atoms with Crippen molar-refractivity contribution in [2.45, 2.75) is 37.5 Å². The Balaban J connectivity index is 1.23. The summed E-state index contributed by atoms with van der Waals surface area (Å²) in [5, 5.41) is 2.35. The third-order valence-electron chi connectivity index (χ3n) is 9.88. The van der Waals surface area contributed by atoms with E-state index in [0.29, 0.717) is 18.7 Å². The molecule has 4 aliphatic rings. The van der Waals surface area contributed by atoms with Crippen molar-refractivity contribution in [3.8, 4) is 5.75 Å². The fourth-order valence-corrected chi connectivity index (χ4v) is 7.39. The number of allylic oxidation sites excluding steroid dienone is 1. The van der Waals surface area contributed by atoms with Crippen LogP contribution in [-0.2, 0) is 14.3 Å². The Morgan fingerprint density at radius 3 is 2.59 bits per heavy atom. The summed E-state index contributed by atoms with van der Waals surface area (Å²) in [6, 6.07) is 13.6. The van der Waals surface area contributed by atoms with E-state index in [1.807, 2.05) is 6.08 Å². The van der Waals surface area contributed by atoms with Gasteiger partial charge in [-0.25, -0.2) is 4.99 Å². The van der Waals surface area contributed by atoms with Gasteiger partial charge in [0.05, 0.1) is 12.2 Å². The van der Waals surface area contributed by atoms with Crippen molar-refractivity contribution >= 4 is 34.6 Å². The maximum absolute atomic E-state index is 11.0. The number of benzene rings is 2. The van der Waals surface area contributed by atoms with Crippen LogP contribution in [0.1, 0.15) is 19.3 Å². The van der Waals surface area contributed by atoms with E-state index >= 15 is 0 Å². The largest absolute Gasteiger partial charge is 0.467 e. The van der Waals surface area contributed by atoms with Crippen LogP contribution >= 0.6 is 0 Å². The minimum Gasteiger partial charge on any atom is -0.467 e. The van der Waals surface area contributed by atoms with Crippen LogP contribution in [0.2, 0.25) is 0 Å². The van der Waals surface area contributed by atoms with Crippen LogP contribution in [0.4, 0.5) is 5.69 Å². The number of ether oxygens (including phenoxy) is 3. The normalized spacial score (nSPS) is 25.1. The minimum atomic E-state index is 0.0305. The molecule has 3 saturated heterocycles. The van der Waals surface area contributed by atoms with Crippen molar-refractivity contribution in [1.29, 1.82) is 0 Å². The lowest BCUT2D eigenvalue weighted by atomic mass is 9.88. The molecule has 0 unspecified atom stereocenters. The van der Waals surface area contributed by atoms with Gasteiger partial charge in [0.2, 0.25) is 0 Å². The summed E-state index contributed by atoms with van der Waals surface area (Å²) < 4.78 is 17.5. The molecule has 0 saturated carbocycles. The van der Waals surface area contributed by atoms with Gasteiger partial charge in [-0.2, -0.15) is 4.99 Å². The number of rotatable bonds is 10. The summed E-state index contributed by atoms with van der Waals surface area (Å²) in [7, 11) is 7.93. The standard InChI is InChI=1S/C35H49N7O4/c1-38(2)33(12-8-20-43)40-16-18-41(19-17-40)34-30-13-15-42(23-31(30)36-35(37-34)45-24-27-10-7-14-39(27)3)32-22-28(46-25-44-4)21-26-9-5-6-11-29(26)32/h5-6,8-9,11-12,20-22,27,30-31,33H,7,10,13-19,23-25H2,1-4H3/b12-8+/t27-,30-,31+,33-/m0/s1. The highest BCUT2D eigenvalue weighted by Crippen LogP contribution is 2.37. The number of anilines is 1. The molecule has 0 aliphatic carbocycles. The highest BCUT2D eigenvalue weighted by Gasteiger charge is 2.40. The van der Waals surface area contributed by atoms with E-state index in [9.17, 15) is 4.79 Å². The van der Waals surface area contributed by atoms with Gasteiger partial charge in [0.15, 0.2) is 6.79 Å². The second-order valence-electron chi connectivity index (χ2n) is 13.0. The SMILES string of the molecule is COCOc1cc(N2CC[C@@H]3C(N4CCN([C@@H](/C=C/C=O)N(C)C)CC4)=NC(OC[C@@H]4CCCN4C)=N[C@@H]3C2)c2ccccc2c1. The molecule has 2 aromatic carbocycles. The van der Waals surface area contributed by atoms with Crippen LogP contribution in [0, 0.1) is 5.92 Å². The summed E-state index contributed by atoms with van der Waals surface area (Å²) in [5.74, 6) is 2.14. The van der Waals surface area contributed by atoms with Crippen molar-refractivity contribution in [3.63, 3.8) is 0 Å². The third kappa shape index (κ3) is 7.22. The molecule has 0 radical (unpaired) electrons. The minimum absolute atomic E-state index is 0.0305. The number of likely N-dealkylation sites (N-methyl/N-ethyl adjacent to an activating group) is 2. The van der Waals surface area contributed by atoms with Crippen LogP contribution in [0.3, 0.4) is 0 Å². The molecule has 4 heterocycles. The molecule has 0 N–H and O–H groups in total. The van der Waals surface area contributed by atoms with E-state index in [1.165, 1.54) is 11.8 Å². The summed E-state index contributed by atoms with van der Waals surface area (Å²) >= 11 is 0. The zero-order valence-corrected chi connectivity index (χ0v) is 27.8. The first kappa shape index (κ1) is 32.4. The monoisotopic (exact) mass is 631 g/mol. The molecule has 46 heavy (non-hydrogen) atoms. The van der Waals surface area contributed by atoms with Crippen molar-refractivity contribution < 1.29 is 19.0 Å². The van der Waals surface area contributed by atoms with Gasteiger partial charge in [-0.1, -0.05) is 24.3 Å². The molecule has 248 valence electrons. The lowest BCUT2D eigenvalue weighted by Gasteiger charge is -2.46. The molecular weight excluding hydrogens is 582 g/mol. The number of aliphatic imine (C=N–C) groups is 2. The Labute approximate surface area is 273 Å². The molecule has 11 heteroatoms. The molecular formula is C35H49N7O4. The number of methoxy groups -OCH3 is 1. The number of amidine groups is 2. The first-order valence-electron chi connectivity index (χ1n) is 16.6. The quantitative estimate of drug-likeness (QED) is 0.223. The number of carbonyl (C=O) groups is 1. The first-order chi connectivity index (χ1) is 22.4. The molecule has 4 atom stereocenters. The second-order valence-corrected chi connectivity index (χ2v) is 13.0. The average Bonchev–Trinajstić information content (AvgIpc) is 3.49. The van der Waals surface area contributed by atoms with Crippen LogP contribution in [-0.4, -0.2) is 143 Å². The number of nitrogens with zero attached hydrogens (tertiary/aromatic N) is 7. The van der Waals surface area contributed by atoms with E-state index in [4.69, 9.17) is 24.2 Å². The molecule has 6 rings (SSSR count). The highest BCUT2D eigenvalue weighted by atomic mass is 16.7. The topological polar surface area (TPSA) is 85.7 Å². The summed E-state index contributed by atoms with van der Waals surface area (Å²) in [6.07, 6.45) is 7.81. The van der Waals surface area contributed by atoms with Crippen molar-refractivity contribution in [1.82, 2.24) is 19.6 Å². The average molecular weight is 632 g/mol. The van der Waals surface area contributed by atoms with Crippen LogP contribution < -0.4 is 9.64 Å². The maximum atomic E-state index is 11.0. The van der Waals surface area contributed by atoms with Crippen molar-refractivity contribution in [2.75, 3.05) is 92.4 Å². The molecule has 0 bridgehead atoms. The van der Waals surface area contributed by atoms with Gasteiger partial charge in [-0.05, 0) is 70.6 Å². The van der Waals surface area contributed by atoms with Crippen LogP contribution in [0.5, 0.6) is 5.75 Å². The third-order valence-corrected chi connectivity index (χ3v) is 9.88. The van der Waals surface area contributed by atoms with E-state index in [0.717, 1.165) is 87.6 Å². The lowest BCUT2D eigenvalue weighted by Crippen LogP contribution is -2.58. The second kappa shape index (κ2) is 14.9. The summed E-state index contributed by atoms with van der Waals surface area (Å²) in [4.78, 5) is 33.2. The van der Waals surface area contributed by atoms with Gasteiger partial charge in [-0.3, -0.25) is 14.6 Å². The van der Waals surface area contributed by atoms with E-state index in [1.54, 1.807) is 13.2 Å². The molecule has 0 spiro atoms. The molecule has 0 aromatic heterocycles. The number of aldehydes is 1. The van der Waals surface area contributed by atoms with Crippen molar-refractivity contribution in [2.24, 2.45) is 15.9 Å². The molecule has 11 nitrogen and oxygen atoms in total. The van der Waals surface area contributed by atoms with E-state index in [-0.39, 0.29) is 24.9 Å². The number of fused-ring (bicyclic) bond motifs is 2. The van der Waals surface area contributed by atoms with Gasteiger partial charge in [0.25, 0.3) is 0 Å². The Kier molecular flexibility index (Phi) is 10.5. The Morgan fingerprint density at radius 1 is 1.02 bits per heavy atom. The zero-order valence-electron chi connectivity index (χ0n) is 27.8. The molecule has 3 fully saturated rings. The van der Waals surface area contributed by atoms with Gasteiger partial charge >= 0.3 is 6.02 Å². The van der Waals surface area contributed by atoms with Gasteiger partial charge < -0.3 is 28.9 Å². The molecule has 2 aromatic rings. The summed E-state index contributed by atoms with van der Waals surface area (Å²) in [6.45, 7) is 7.10. The number of hydrogen-bond acceptors (Lipinski definition) is 11. The molecule has 4 aliphatic heterocycles. The highest BCUT2D eigenvalue weighted by molar-refractivity contribution is 5.99. The number of hydrogen-bond donors (Lipinski definition) is 0. The van der Waals surface area contributed by atoms with Gasteiger partial charge in [0, 0.05) is 75.5 Å². The fourth-order valence-electron chi connectivity index (χ4n) is 7.39. The predicted molar refractivity (Wildman–Crippen MR) is 183 cm³/mol. The molecule has 0 amide bonds. The van der Waals surface area contributed by atoms with E-state index < -0.39 is 0 Å². The van der Waals surface area contributed by atoms with Crippen molar-refractivity contribution in [3.05, 3.63) is 48.6 Å². The summed E-state index contributed by atoms with van der Waals surface area (Å²) in [5.41, 5.74) is 1.16. The number of piperidine rings is 1. The predicted octanol–water partition coefficient (Wildman–Crippen LogP) is 3.16. The maximum Gasteiger partial charge on any atom is 0.313 e. The lowest BCUT2D eigenvalue weighted by molar-refractivity contribution is -0.104. The fraction of sp³-hybridized carbons (Fsp3) is 0.571.